The van der Waals surface area contributed by atoms with Gasteiger partial charge in [-0.3, -0.25) is 9.69 Å². The number of carbonyl (C=O) groups excluding carboxylic acids is 1. The third-order valence-corrected chi connectivity index (χ3v) is 5.56. The van der Waals surface area contributed by atoms with E-state index in [2.05, 4.69) is 43.0 Å². The molecule has 1 amide bonds. The van der Waals surface area contributed by atoms with Crippen LogP contribution in [0.25, 0.3) is 5.82 Å². The topological polar surface area (TPSA) is 140 Å². The molecule has 12 heteroatoms. The zero-order valence-corrected chi connectivity index (χ0v) is 17.8. The Morgan fingerprint density at radius 3 is 2.78 bits per heavy atom. The molecule has 11 nitrogen and oxygen atoms in total. The summed E-state index contributed by atoms with van der Waals surface area (Å²) < 4.78 is 19.2. The van der Waals surface area contributed by atoms with Gasteiger partial charge in [0.15, 0.2) is 5.69 Å². The molecule has 1 unspecified atom stereocenters. The zero-order chi connectivity index (χ0) is 22.7. The summed E-state index contributed by atoms with van der Waals surface area (Å²) in [6.07, 6.45) is 3.31. The standard InChI is InChI=1S/C20H24FN9O2/c1-12-5-3-4-10-29(12)11-16-17(24-28-30(16)19-18(22)26-32-27-19)20(31)25-23-13(2)14-6-8-15(21)9-7-14/h6-9,12H,3-5,10-11H2,1-2H3,(H2,22,26)(H,25,31). The molecule has 4 rings (SSSR count). The van der Waals surface area contributed by atoms with Crippen molar-refractivity contribution < 1.29 is 13.8 Å². The fourth-order valence-electron chi connectivity index (χ4n) is 3.66. The van der Waals surface area contributed by atoms with Gasteiger partial charge in [-0.2, -0.15) is 9.78 Å². The van der Waals surface area contributed by atoms with Crippen molar-refractivity contribution in [3.8, 4) is 5.82 Å². The van der Waals surface area contributed by atoms with E-state index >= 15 is 0 Å². The number of rotatable bonds is 6. The van der Waals surface area contributed by atoms with Gasteiger partial charge in [-0.15, -0.1) is 5.10 Å². The lowest BCUT2D eigenvalue weighted by atomic mass is 10.0. The van der Waals surface area contributed by atoms with Crippen LogP contribution in [0, 0.1) is 5.82 Å². The molecule has 0 aliphatic carbocycles. The maximum absolute atomic E-state index is 13.1. The first-order valence-corrected chi connectivity index (χ1v) is 10.3. The smallest absolute Gasteiger partial charge is 0.293 e. The Morgan fingerprint density at radius 2 is 2.09 bits per heavy atom. The molecule has 1 aliphatic heterocycles. The van der Waals surface area contributed by atoms with Crippen molar-refractivity contribution in [2.45, 2.75) is 45.7 Å². The Kier molecular flexibility index (Phi) is 6.21. The maximum Gasteiger partial charge on any atom is 0.293 e. The van der Waals surface area contributed by atoms with E-state index < -0.39 is 5.91 Å². The largest absolute Gasteiger partial charge is 0.378 e. The quantitative estimate of drug-likeness (QED) is 0.437. The first-order chi connectivity index (χ1) is 15.4. The molecule has 168 valence electrons. The second kappa shape index (κ2) is 9.22. The summed E-state index contributed by atoms with van der Waals surface area (Å²) in [5.41, 5.74) is 10.1. The van der Waals surface area contributed by atoms with Crippen LogP contribution in [0.2, 0.25) is 0 Å². The van der Waals surface area contributed by atoms with E-state index in [1.807, 2.05) is 0 Å². The van der Waals surface area contributed by atoms with E-state index in [4.69, 9.17) is 10.4 Å². The van der Waals surface area contributed by atoms with Gasteiger partial charge in [0.2, 0.25) is 11.6 Å². The summed E-state index contributed by atoms with van der Waals surface area (Å²) in [6, 6.07) is 6.17. The van der Waals surface area contributed by atoms with E-state index in [1.54, 1.807) is 19.1 Å². The SMILES string of the molecule is CC(=NNC(=O)c1nnn(-c2nonc2N)c1CN1CCCCC1C)c1ccc(F)cc1. The number of nitrogens with one attached hydrogen (secondary N) is 1. The Morgan fingerprint density at radius 1 is 1.31 bits per heavy atom. The summed E-state index contributed by atoms with van der Waals surface area (Å²) >= 11 is 0. The van der Waals surface area contributed by atoms with Crippen molar-refractivity contribution in [2.75, 3.05) is 12.3 Å². The highest BCUT2D eigenvalue weighted by Crippen LogP contribution is 2.22. The Labute approximate surface area is 183 Å². The lowest BCUT2D eigenvalue weighted by Crippen LogP contribution is -2.38. The van der Waals surface area contributed by atoms with Gasteiger partial charge < -0.3 is 5.73 Å². The van der Waals surface area contributed by atoms with Crippen molar-refractivity contribution in [3.63, 3.8) is 0 Å². The second-order valence-electron chi connectivity index (χ2n) is 7.73. The summed E-state index contributed by atoms with van der Waals surface area (Å²) in [5, 5.41) is 19.6. The molecule has 2 aromatic heterocycles. The molecule has 1 aromatic carbocycles. The van der Waals surface area contributed by atoms with Crippen LogP contribution in [0.3, 0.4) is 0 Å². The van der Waals surface area contributed by atoms with E-state index in [-0.39, 0.29) is 23.1 Å². The highest BCUT2D eigenvalue weighted by atomic mass is 19.1. The van der Waals surface area contributed by atoms with Gasteiger partial charge in [-0.25, -0.2) is 14.4 Å². The van der Waals surface area contributed by atoms with Crippen LogP contribution in [0.5, 0.6) is 0 Å². The van der Waals surface area contributed by atoms with Crippen LogP contribution in [0.1, 0.15) is 54.9 Å². The molecule has 0 spiro atoms. The highest BCUT2D eigenvalue weighted by molar-refractivity contribution is 6.00. The number of amides is 1. The molecule has 3 aromatic rings. The number of nitrogens with zero attached hydrogens (tertiary/aromatic N) is 7. The molecule has 0 bridgehead atoms. The lowest BCUT2D eigenvalue weighted by molar-refractivity contribution is 0.0944. The fraction of sp³-hybridized carbons (Fsp3) is 0.400. The van der Waals surface area contributed by atoms with Crippen LogP contribution >= 0.6 is 0 Å². The van der Waals surface area contributed by atoms with Crippen molar-refractivity contribution in [1.82, 2.24) is 35.6 Å². The number of halogens is 1. The van der Waals surface area contributed by atoms with Crippen LogP contribution < -0.4 is 11.2 Å². The summed E-state index contributed by atoms with van der Waals surface area (Å²) in [4.78, 5) is 15.2. The summed E-state index contributed by atoms with van der Waals surface area (Å²) in [5.74, 6) is -0.671. The van der Waals surface area contributed by atoms with Gasteiger partial charge >= 0.3 is 0 Å². The van der Waals surface area contributed by atoms with E-state index in [0.29, 0.717) is 29.6 Å². The minimum Gasteiger partial charge on any atom is -0.378 e. The Balaban J connectivity index is 1.61. The number of benzene rings is 1. The van der Waals surface area contributed by atoms with Gasteiger partial charge in [0.1, 0.15) is 5.82 Å². The fourth-order valence-corrected chi connectivity index (χ4v) is 3.66. The number of hydrogen-bond acceptors (Lipinski definition) is 9. The number of likely N-dealkylation sites (tertiary alicyclic amines) is 1. The molecule has 1 saturated heterocycles. The van der Waals surface area contributed by atoms with E-state index in [1.165, 1.54) is 23.2 Å². The van der Waals surface area contributed by atoms with Crippen LogP contribution in [-0.4, -0.2) is 54.4 Å². The molecule has 1 aliphatic rings. The molecule has 3 heterocycles. The predicted molar refractivity (Wildman–Crippen MR) is 113 cm³/mol. The summed E-state index contributed by atoms with van der Waals surface area (Å²) in [6.45, 7) is 5.17. The molecule has 1 fully saturated rings. The van der Waals surface area contributed by atoms with Gasteiger partial charge in [0, 0.05) is 12.6 Å². The maximum atomic E-state index is 13.1. The van der Waals surface area contributed by atoms with Gasteiger partial charge in [-0.1, -0.05) is 23.8 Å². The number of carbonyl (C=O) groups is 1. The van der Waals surface area contributed by atoms with Gasteiger partial charge in [0.25, 0.3) is 5.91 Å². The minimum absolute atomic E-state index is 0.0416. The average molecular weight is 441 g/mol. The molecule has 3 N–H and O–H groups in total. The van der Waals surface area contributed by atoms with Crippen LogP contribution in [-0.2, 0) is 6.54 Å². The predicted octanol–water partition coefficient (Wildman–Crippen LogP) is 1.90. The number of hydrogen-bond donors (Lipinski definition) is 2. The van der Waals surface area contributed by atoms with Crippen molar-refractivity contribution in [1.29, 1.82) is 0 Å². The number of aromatic nitrogens is 5. The van der Waals surface area contributed by atoms with E-state index in [0.717, 1.165) is 19.4 Å². The number of nitrogens with two attached hydrogens (primary N) is 1. The first-order valence-electron chi connectivity index (χ1n) is 10.3. The second-order valence-corrected chi connectivity index (χ2v) is 7.73. The molecule has 0 radical (unpaired) electrons. The summed E-state index contributed by atoms with van der Waals surface area (Å²) in [7, 11) is 0. The number of piperidine rings is 1. The molecular formula is C20H24FN9O2. The molecule has 1 atom stereocenters. The minimum atomic E-state index is -0.535. The molecule has 0 saturated carbocycles. The van der Waals surface area contributed by atoms with Crippen molar-refractivity contribution in [3.05, 3.63) is 47.0 Å². The van der Waals surface area contributed by atoms with Crippen LogP contribution in [0.15, 0.2) is 34.0 Å². The highest BCUT2D eigenvalue weighted by Gasteiger charge is 2.28. The third-order valence-electron chi connectivity index (χ3n) is 5.56. The number of anilines is 1. The monoisotopic (exact) mass is 441 g/mol. The van der Waals surface area contributed by atoms with Crippen LogP contribution in [0.4, 0.5) is 10.2 Å². The number of nitrogen functional groups attached to an aromatic ring is 1. The van der Waals surface area contributed by atoms with Crippen molar-refractivity contribution >= 4 is 17.4 Å². The normalized spacial score (nSPS) is 17.5. The zero-order valence-electron chi connectivity index (χ0n) is 17.8. The van der Waals surface area contributed by atoms with E-state index in [9.17, 15) is 9.18 Å². The van der Waals surface area contributed by atoms with Gasteiger partial charge in [0.05, 0.1) is 11.4 Å². The lowest BCUT2D eigenvalue weighted by Gasteiger charge is -2.33. The Bertz CT molecular complexity index is 1120. The third kappa shape index (κ3) is 4.49. The number of hydrazone groups is 1. The Hall–Kier alpha value is -3.67. The average Bonchev–Trinajstić information content (AvgIpc) is 3.39. The van der Waals surface area contributed by atoms with Gasteiger partial charge in [-0.05, 0) is 61.2 Å². The molecule has 32 heavy (non-hydrogen) atoms. The van der Waals surface area contributed by atoms with Crippen molar-refractivity contribution in [2.24, 2.45) is 5.10 Å². The molecular weight excluding hydrogens is 417 g/mol. The first kappa shape index (κ1) is 21.6.